The number of ether oxygens (including phenoxy) is 6. The lowest BCUT2D eigenvalue weighted by molar-refractivity contribution is -0.121. The molecule has 0 radical (unpaired) electrons. The summed E-state index contributed by atoms with van der Waals surface area (Å²) in [5.74, 6) is -4.29. The number of phenolic OH excluding ortho intramolecular Hbond substituents is 4. The van der Waals surface area contributed by atoms with Crippen molar-refractivity contribution in [3.8, 4) is 57.5 Å². The van der Waals surface area contributed by atoms with Crippen LogP contribution in [0.25, 0.3) is 0 Å². The van der Waals surface area contributed by atoms with Gasteiger partial charge in [0.2, 0.25) is 0 Å². The maximum atomic E-state index is 12.4. The van der Waals surface area contributed by atoms with E-state index in [1.165, 1.54) is 131 Å². The van der Waals surface area contributed by atoms with Crippen LogP contribution in [0.5, 0.6) is 57.5 Å². The van der Waals surface area contributed by atoms with Crippen molar-refractivity contribution in [2.24, 2.45) is 0 Å². The van der Waals surface area contributed by atoms with Crippen molar-refractivity contribution in [3.05, 3.63) is 202 Å². The number of esters is 4. The van der Waals surface area contributed by atoms with Crippen LogP contribution in [0.3, 0.4) is 0 Å². The summed E-state index contributed by atoms with van der Waals surface area (Å²) in [4.78, 5) is 65.8. The van der Waals surface area contributed by atoms with Crippen molar-refractivity contribution in [3.63, 3.8) is 0 Å². The first-order chi connectivity index (χ1) is 44.3. The molecule has 0 saturated heterocycles. The summed E-state index contributed by atoms with van der Waals surface area (Å²) in [5.41, 5.74) is 2.14. The standard InChI is InChI=1S/2C16H16O6S.2C15H12O8S/c1-10-8-14(9-11(2)15(10)17)23(19,20)22-13-6-4-12(5-7-13)16(18)21-3;1-10-8-12(9-11(2)15(10)17)23(19,20)22-14-7-5-4-6-13(14)16(18)21-3;1-21-15(18)10-2-4-11(5-3-10)23-24(19,20)12-6-7-13(17)14(8-12)22-9-16;1-21-15(18)11-4-2-3-5-13(11)23-24(19,20)10-6-7-12(17)14(8-10)22-9-16/h2*4-9,17H,1-3H3;2*2-9,17H,1H3. The summed E-state index contributed by atoms with van der Waals surface area (Å²) in [6.07, 6.45) is 0. The van der Waals surface area contributed by atoms with Gasteiger partial charge in [-0.25, -0.2) is 19.2 Å². The first-order valence-electron chi connectivity index (χ1n) is 26.2. The van der Waals surface area contributed by atoms with Crippen LogP contribution in [-0.2, 0) is 69.0 Å². The zero-order valence-corrected chi connectivity index (χ0v) is 53.7. The summed E-state index contributed by atoms with van der Waals surface area (Å²) in [5, 5.41) is 38.4. The number of benzene rings is 8. The average molecular weight is 1380 g/mol. The molecule has 0 heterocycles. The van der Waals surface area contributed by atoms with Gasteiger partial charge >= 0.3 is 64.3 Å². The van der Waals surface area contributed by atoms with Gasteiger partial charge in [-0.05, 0) is 171 Å². The van der Waals surface area contributed by atoms with Crippen molar-refractivity contribution in [1.82, 2.24) is 0 Å². The summed E-state index contributed by atoms with van der Waals surface area (Å²) >= 11 is 0. The van der Waals surface area contributed by atoms with Crippen LogP contribution in [0, 0.1) is 27.7 Å². The summed E-state index contributed by atoms with van der Waals surface area (Å²) in [6, 6.07) is 33.7. The van der Waals surface area contributed by atoms with Gasteiger partial charge in [0.15, 0.2) is 34.5 Å². The first-order valence-corrected chi connectivity index (χ1v) is 31.9. The van der Waals surface area contributed by atoms with Crippen molar-refractivity contribution in [2.75, 3.05) is 28.4 Å². The highest BCUT2D eigenvalue weighted by atomic mass is 32.2. The number of phenols is 4. The molecule has 28 nitrogen and oxygen atoms in total. The third-order valence-electron chi connectivity index (χ3n) is 12.2. The largest absolute Gasteiger partial charge is 0.507 e. The summed E-state index contributed by atoms with van der Waals surface area (Å²) < 4.78 is 146. The van der Waals surface area contributed by atoms with E-state index in [-0.39, 0.29) is 101 Å². The van der Waals surface area contributed by atoms with E-state index in [0.29, 0.717) is 22.3 Å². The minimum Gasteiger partial charge on any atom is -0.507 e. The maximum absolute atomic E-state index is 12.4. The number of rotatable bonds is 20. The molecule has 0 fully saturated rings. The van der Waals surface area contributed by atoms with Gasteiger partial charge in [0.25, 0.3) is 12.9 Å². The Morgan fingerprint density at radius 3 is 0.936 bits per heavy atom. The lowest BCUT2D eigenvalue weighted by Gasteiger charge is -2.12. The molecule has 0 aliphatic carbocycles. The SMILES string of the molecule is COC(=O)c1ccc(OS(=O)(=O)c2cc(C)c(O)c(C)c2)cc1.COC(=O)c1ccc(OS(=O)(=O)c2ccc(O)c(OC=O)c2)cc1.COC(=O)c1ccccc1OS(=O)(=O)c1cc(C)c(O)c(C)c1.COC(=O)c1ccccc1OS(=O)(=O)c1ccc(O)c(OC=O)c1. The number of aromatic hydroxyl groups is 4. The molecule has 0 aliphatic rings. The summed E-state index contributed by atoms with van der Waals surface area (Å²) in [7, 11) is -12.0. The van der Waals surface area contributed by atoms with Gasteiger partial charge in [0.1, 0.15) is 53.7 Å². The Labute approximate surface area is 538 Å². The number of para-hydroxylation sites is 2. The van der Waals surface area contributed by atoms with Crippen molar-refractivity contribution in [2.45, 2.75) is 47.3 Å². The Morgan fingerprint density at radius 1 is 0.340 bits per heavy atom. The van der Waals surface area contributed by atoms with Gasteiger partial charge in [-0.1, -0.05) is 24.3 Å². The van der Waals surface area contributed by atoms with Crippen molar-refractivity contribution < 1.29 is 128 Å². The van der Waals surface area contributed by atoms with E-state index in [9.17, 15) is 82.9 Å². The molecule has 0 bridgehead atoms. The van der Waals surface area contributed by atoms with Gasteiger partial charge in [0, 0.05) is 12.1 Å². The van der Waals surface area contributed by atoms with Crippen LogP contribution in [0.1, 0.15) is 63.7 Å². The van der Waals surface area contributed by atoms with Crippen LogP contribution in [0.2, 0.25) is 0 Å². The molecule has 8 rings (SSSR count). The topological polar surface area (TPSA) is 412 Å². The normalized spacial score (nSPS) is 10.9. The fourth-order valence-electron chi connectivity index (χ4n) is 7.56. The molecule has 0 aliphatic heterocycles. The molecule has 8 aromatic rings. The number of aryl methyl sites for hydroxylation is 4. The van der Waals surface area contributed by atoms with Crippen molar-refractivity contribution >= 4 is 77.3 Å². The van der Waals surface area contributed by atoms with E-state index in [1.807, 2.05) is 0 Å². The Balaban J connectivity index is 0.000000227. The number of hydrogen-bond donors (Lipinski definition) is 4. The minimum atomic E-state index is -4.35. The van der Waals surface area contributed by atoms with Crippen LogP contribution in [0.4, 0.5) is 0 Å². The van der Waals surface area contributed by atoms with Crippen molar-refractivity contribution in [1.29, 1.82) is 0 Å². The maximum Gasteiger partial charge on any atom is 0.341 e. The zero-order valence-electron chi connectivity index (χ0n) is 50.4. The van der Waals surface area contributed by atoms with Gasteiger partial charge in [-0.3, -0.25) is 9.59 Å². The Morgan fingerprint density at radius 2 is 0.628 bits per heavy atom. The molecule has 4 N–H and O–H groups in total. The smallest absolute Gasteiger partial charge is 0.341 e. The number of carbonyl (C=O) groups excluding carboxylic acids is 6. The molecule has 94 heavy (non-hydrogen) atoms. The van der Waals surface area contributed by atoms with E-state index in [0.717, 1.165) is 43.5 Å². The molecule has 0 aromatic heterocycles. The van der Waals surface area contributed by atoms with E-state index in [2.05, 4.69) is 28.4 Å². The fraction of sp³-hybridized carbons (Fsp3) is 0.129. The first kappa shape index (κ1) is 73.5. The molecular formula is C62H56O28S4. The highest BCUT2D eigenvalue weighted by Crippen LogP contribution is 2.34. The van der Waals surface area contributed by atoms with Gasteiger partial charge in [-0.2, -0.15) is 33.7 Å². The molecule has 0 amide bonds. The molecule has 8 aromatic carbocycles. The molecule has 0 saturated carbocycles. The highest BCUT2D eigenvalue weighted by molar-refractivity contribution is 7.88. The predicted molar refractivity (Wildman–Crippen MR) is 327 cm³/mol. The Hall–Kier alpha value is -11.2. The third kappa shape index (κ3) is 19.4. The Kier molecular flexibility index (Phi) is 25.2. The molecule has 0 unspecified atom stereocenters. The van der Waals surface area contributed by atoms with Crippen LogP contribution >= 0.6 is 0 Å². The van der Waals surface area contributed by atoms with Gasteiger partial charge in [-0.15, -0.1) is 0 Å². The van der Waals surface area contributed by atoms with E-state index >= 15 is 0 Å². The molecule has 496 valence electrons. The second kappa shape index (κ2) is 32.2. The quantitative estimate of drug-likeness (QED) is 0.0242. The minimum absolute atomic E-state index is 0.00537. The van der Waals surface area contributed by atoms with Gasteiger partial charge in [0.05, 0.1) is 39.6 Å². The molecule has 0 spiro atoms. The van der Waals surface area contributed by atoms with E-state index < -0.39 is 75.8 Å². The van der Waals surface area contributed by atoms with E-state index in [4.69, 9.17) is 16.7 Å². The average Bonchev–Trinajstić information content (AvgIpc) is 0.827. The second-order valence-electron chi connectivity index (χ2n) is 18.7. The van der Waals surface area contributed by atoms with E-state index in [1.54, 1.807) is 39.8 Å². The van der Waals surface area contributed by atoms with Gasteiger partial charge < -0.3 is 65.6 Å². The molecule has 32 heteroatoms. The van der Waals surface area contributed by atoms with Crippen LogP contribution in [0.15, 0.2) is 177 Å². The Bertz CT molecular complexity index is 4540. The lowest BCUT2D eigenvalue weighted by atomic mass is 10.1. The third-order valence-corrected chi connectivity index (χ3v) is 17.2. The monoisotopic (exact) mass is 1380 g/mol. The fourth-order valence-corrected chi connectivity index (χ4v) is 11.7. The number of methoxy groups -OCH3 is 4. The number of carbonyl (C=O) groups is 6. The number of hydrogen-bond acceptors (Lipinski definition) is 28. The van der Waals surface area contributed by atoms with Crippen LogP contribution < -0.4 is 26.2 Å². The zero-order chi connectivity index (χ0) is 69.9. The highest BCUT2D eigenvalue weighted by Gasteiger charge is 2.26. The lowest BCUT2D eigenvalue weighted by Crippen LogP contribution is -2.13. The predicted octanol–water partition coefficient (Wildman–Crippen LogP) is 8.09. The van der Waals surface area contributed by atoms with Crippen LogP contribution in [-0.4, -0.2) is 119 Å². The summed E-state index contributed by atoms with van der Waals surface area (Å²) in [6.45, 7) is 6.48. The molecular weight excluding hydrogens is 1320 g/mol. The molecule has 0 atom stereocenters. The second-order valence-corrected chi connectivity index (χ2v) is 24.8.